The summed E-state index contributed by atoms with van der Waals surface area (Å²) < 4.78 is 5.21. The van der Waals surface area contributed by atoms with Gasteiger partial charge < -0.3 is 15.0 Å². The first-order valence-electron chi connectivity index (χ1n) is 8.58. The van der Waals surface area contributed by atoms with Crippen LogP contribution in [0.3, 0.4) is 0 Å². The van der Waals surface area contributed by atoms with E-state index in [2.05, 4.69) is 22.2 Å². The number of hydrogen-bond acceptors (Lipinski definition) is 5. The van der Waals surface area contributed by atoms with Gasteiger partial charge in [0.15, 0.2) is 0 Å². The van der Waals surface area contributed by atoms with Crippen molar-refractivity contribution in [3.8, 4) is 5.75 Å². The van der Waals surface area contributed by atoms with Crippen LogP contribution in [0.15, 0.2) is 36.7 Å². The van der Waals surface area contributed by atoms with Gasteiger partial charge in [-0.25, -0.2) is 9.97 Å². The van der Waals surface area contributed by atoms with E-state index in [4.69, 9.17) is 4.74 Å². The number of anilines is 1. The fourth-order valence-corrected chi connectivity index (χ4v) is 2.43. The van der Waals surface area contributed by atoms with Crippen molar-refractivity contribution in [2.45, 2.75) is 26.2 Å². The number of rotatable bonds is 9. The van der Waals surface area contributed by atoms with Gasteiger partial charge in [0.2, 0.25) is 0 Å². The molecule has 0 saturated heterocycles. The molecule has 1 N–H and O–H groups in total. The standard InChI is InChI=1S/C19H26N4O2/c1-4-5-11-23(2)18-13-17(21-14-22-18)19(24)20-10-9-15-7-6-8-16(12-15)25-3/h6-8,12-14H,4-5,9-11H2,1-3H3,(H,20,24). The van der Waals surface area contributed by atoms with Crippen LogP contribution in [0.5, 0.6) is 5.75 Å². The molecular formula is C19H26N4O2. The number of nitrogens with one attached hydrogen (secondary N) is 1. The highest BCUT2D eigenvalue weighted by Gasteiger charge is 2.10. The second-order valence-electron chi connectivity index (χ2n) is 5.89. The van der Waals surface area contributed by atoms with Crippen molar-refractivity contribution in [1.29, 1.82) is 0 Å². The number of methoxy groups -OCH3 is 1. The maximum atomic E-state index is 12.3. The molecule has 6 heteroatoms. The molecule has 0 saturated carbocycles. The van der Waals surface area contributed by atoms with Gasteiger partial charge in [0.05, 0.1) is 7.11 Å². The minimum Gasteiger partial charge on any atom is -0.497 e. The summed E-state index contributed by atoms with van der Waals surface area (Å²) >= 11 is 0. The first kappa shape index (κ1) is 18.7. The van der Waals surface area contributed by atoms with Crippen LogP contribution < -0.4 is 15.0 Å². The second-order valence-corrected chi connectivity index (χ2v) is 5.89. The van der Waals surface area contributed by atoms with Crippen LogP contribution in [-0.4, -0.2) is 43.1 Å². The quantitative estimate of drug-likeness (QED) is 0.759. The number of aromatic nitrogens is 2. The lowest BCUT2D eigenvalue weighted by Crippen LogP contribution is -2.27. The molecule has 1 aromatic heterocycles. The molecule has 134 valence electrons. The second kappa shape index (κ2) is 9.61. The summed E-state index contributed by atoms with van der Waals surface area (Å²) in [5, 5.41) is 2.91. The summed E-state index contributed by atoms with van der Waals surface area (Å²) in [7, 11) is 3.62. The Hall–Kier alpha value is -2.63. The number of nitrogens with zero attached hydrogens (tertiary/aromatic N) is 3. The lowest BCUT2D eigenvalue weighted by Gasteiger charge is -2.17. The van der Waals surface area contributed by atoms with Crippen molar-refractivity contribution in [3.05, 3.63) is 47.9 Å². The molecule has 0 fully saturated rings. The van der Waals surface area contributed by atoms with Crippen LogP contribution in [0, 0.1) is 0 Å². The first-order valence-corrected chi connectivity index (χ1v) is 8.58. The van der Waals surface area contributed by atoms with Gasteiger partial charge in [-0.1, -0.05) is 25.5 Å². The Morgan fingerprint density at radius 2 is 2.12 bits per heavy atom. The van der Waals surface area contributed by atoms with Crippen molar-refractivity contribution in [3.63, 3.8) is 0 Å². The van der Waals surface area contributed by atoms with Crippen LogP contribution >= 0.6 is 0 Å². The maximum absolute atomic E-state index is 12.3. The highest BCUT2D eigenvalue weighted by Crippen LogP contribution is 2.13. The normalized spacial score (nSPS) is 10.4. The Bertz CT molecular complexity index is 691. The molecule has 0 aliphatic carbocycles. The molecule has 0 unspecified atom stereocenters. The first-order chi connectivity index (χ1) is 12.1. The van der Waals surface area contributed by atoms with Crippen molar-refractivity contribution < 1.29 is 9.53 Å². The number of hydrogen-bond donors (Lipinski definition) is 1. The van der Waals surface area contributed by atoms with Gasteiger partial charge in [-0.2, -0.15) is 0 Å². The van der Waals surface area contributed by atoms with Gasteiger partial charge in [-0.05, 0) is 30.5 Å². The zero-order valence-corrected chi connectivity index (χ0v) is 15.2. The summed E-state index contributed by atoms with van der Waals surface area (Å²) in [6.07, 6.45) is 4.38. The number of ether oxygens (including phenoxy) is 1. The summed E-state index contributed by atoms with van der Waals surface area (Å²) in [6.45, 7) is 3.59. The molecule has 2 aromatic rings. The Morgan fingerprint density at radius 1 is 1.28 bits per heavy atom. The van der Waals surface area contributed by atoms with Gasteiger partial charge in [0, 0.05) is 26.2 Å². The van der Waals surface area contributed by atoms with E-state index in [-0.39, 0.29) is 5.91 Å². The minimum atomic E-state index is -0.185. The van der Waals surface area contributed by atoms with Gasteiger partial charge in [0.25, 0.3) is 5.91 Å². The van der Waals surface area contributed by atoms with Gasteiger partial charge in [-0.3, -0.25) is 4.79 Å². The molecule has 1 aromatic carbocycles. The molecule has 0 aliphatic heterocycles. The fraction of sp³-hybridized carbons (Fsp3) is 0.421. The third-order valence-electron chi connectivity index (χ3n) is 3.96. The molecule has 1 amide bonds. The Morgan fingerprint density at radius 3 is 2.88 bits per heavy atom. The predicted octanol–water partition coefficient (Wildman–Crippen LogP) is 2.69. The zero-order valence-electron chi connectivity index (χ0n) is 15.2. The summed E-state index contributed by atoms with van der Waals surface area (Å²) in [6, 6.07) is 9.56. The molecule has 0 aliphatic rings. The SMILES string of the molecule is CCCCN(C)c1cc(C(=O)NCCc2cccc(OC)c2)ncn1. The lowest BCUT2D eigenvalue weighted by molar-refractivity contribution is 0.0949. The third kappa shape index (κ3) is 5.74. The summed E-state index contributed by atoms with van der Waals surface area (Å²) in [5.41, 5.74) is 1.50. The van der Waals surface area contributed by atoms with E-state index >= 15 is 0 Å². The van der Waals surface area contributed by atoms with Gasteiger partial charge >= 0.3 is 0 Å². The van der Waals surface area contributed by atoms with E-state index in [1.54, 1.807) is 13.2 Å². The lowest BCUT2D eigenvalue weighted by atomic mass is 10.1. The largest absolute Gasteiger partial charge is 0.497 e. The Balaban J connectivity index is 1.90. The average molecular weight is 342 g/mol. The van der Waals surface area contributed by atoms with E-state index in [9.17, 15) is 4.79 Å². The van der Waals surface area contributed by atoms with Crippen molar-refractivity contribution >= 4 is 11.7 Å². The smallest absolute Gasteiger partial charge is 0.270 e. The number of benzene rings is 1. The van der Waals surface area contributed by atoms with E-state index in [0.717, 1.165) is 42.9 Å². The molecule has 0 atom stereocenters. The molecule has 2 rings (SSSR count). The summed E-state index contributed by atoms with van der Waals surface area (Å²) in [4.78, 5) is 22.7. The summed E-state index contributed by atoms with van der Waals surface area (Å²) in [5.74, 6) is 1.40. The number of amides is 1. The predicted molar refractivity (Wildman–Crippen MR) is 99.2 cm³/mol. The highest BCUT2D eigenvalue weighted by molar-refractivity contribution is 5.92. The van der Waals surface area contributed by atoms with E-state index in [0.29, 0.717) is 12.2 Å². The Labute approximate surface area is 149 Å². The fourth-order valence-electron chi connectivity index (χ4n) is 2.43. The van der Waals surface area contributed by atoms with E-state index in [1.165, 1.54) is 6.33 Å². The van der Waals surface area contributed by atoms with Gasteiger partial charge in [-0.15, -0.1) is 0 Å². The van der Waals surface area contributed by atoms with Crippen LogP contribution in [0.2, 0.25) is 0 Å². The molecule has 1 heterocycles. The Kier molecular flexibility index (Phi) is 7.19. The average Bonchev–Trinajstić information content (AvgIpc) is 2.66. The van der Waals surface area contributed by atoms with Crippen LogP contribution in [0.1, 0.15) is 35.8 Å². The number of carbonyl (C=O) groups excluding carboxylic acids is 1. The van der Waals surface area contributed by atoms with Crippen molar-refractivity contribution in [1.82, 2.24) is 15.3 Å². The van der Waals surface area contributed by atoms with Gasteiger partial charge in [0.1, 0.15) is 23.6 Å². The topological polar surface area (TPSA) is 67.4 Å². The number of unbranched alkanes of at least 4 members (excludes halogenated alkanes) is 1. The van der Waals surface area contributed by atoms with E-state index in [1.807, 2.05) is 36.2 Å². The molecule has 25 heavy (non-hydrogen) atoms. The number of carbonyl (C=O) groups is 1. The molecule has 0 bridgehead atoms. The molecular weight excluding hydrogens is 316 g/mol. The molecule has 6 nitrogen and oxygen atoms in total. The van der Waals surface area contributed by atoms with Crippen LogP contribution in [-0.2, 0) is 6.42 Å². The zero-order chi connectivity index (χ0) is 18.1. The molecule has 0 spiro atoms. The van der Waals surface area contributed by atoms with Crippen molar-refractivity contribution in [2.75, 3.05) is 32.1 Å². The van der Waals surface area contributed by atoms with Crippen LogP contribution in [0.25, 0.3) is 0 Å². The van der Waals surface area contributed by atoms with Crippen LogP contribution in [0.4, 0.5) is 5.82 Å². The maximum Gasteiger partial charge on any atom is 0.270 e. The minimum absolute atomic E-state index is 0.185. The molecule has 0 radical (unpaired) electrons. The van der Waals surface area contributed by atoms with Crippen molar-refractivity contribution in [2.24, 2.45) is 0 Å². The van der Waals surface area contributed by atoms with E-state index < -0.39 is 0 Å². The highest BCUT2D eigenvalue weighted by atomic mass is 16.5. The monoisotopic (exact) mass is 342 g/mol. The third-order valence-corrected chi connectivity index (χ3v) is 3.96.